The Labute approximate surface area is 79.7 Å². The summed E-state index contributed by atoms with van der Waals surface area (Å²) >= 11 is 3.11. The third-order valence-electron chi connectivity index (χ3n) is 1.09. The summed E-state index contributed by atoms with van der Waals surface area (Å²) in [7, 11) is 0. The van der Waals surface area contributed by atoms with Crippen LogP contribution in [0.1, 0.15) is 20.3 Å². The Balaban J connectivity index is 3.59. The van der Waals surface area contributed by atoms with Gasteiger partial charge in [0.05, 0.1) is 6.61 Å². The van der Waals surface area contributed by atoms with Crippen LogP contribution in [0.15, 0.2) is 0 Å². The van der Waals surface area contributed by atoms with Crippen LogP contribution in [0.5, 0.6) is 0 Å². The summed E-state index contributed by atoms with van der Waals surface area (Å²) in [5, 5.41) is 16.8. The maximum atomic E-state index is 11.0. The zero-order valence-corrected chi connectivity index (χ0v) is 8.67. The summed E-state index contributed by atoms with van der Waals surface area (Å²) in [5.41, 5.74) is 0. The largest absolute Gasteiger partial charge is 0.464 e. The number of aliphatic hydroxyl groups excluding tert-OH is 1. The lowest BCUT2D eigenvalue weighted by atomic mass is 10.2. The van der Waals surface area contributed by atoms with Crippen LogP contribution in [0.25, 0.3) is 0 Å². The zero-order chi connectivity index (χ0) is 9.78. The predicted octanol–water partition coefficient (Wildman–Crippen LogP) is 0.404. The van der Waals surface area contributed by atoms with E-state index in [1.807, 2.05) is 0 Å². The molecule has 0 rings (SSSR count). The highest BCUT2D eigenvalue weighted by atomic mass is 79.9. The van der Waals surface area contributed by atoms with Crippen LogP contribution in [0.2, 0.25) is 0 Å². The second kappa shape index (κ2) is 4.79. The molecule has 0 aliphatic rings. The second-order valence-electron chi connectivity index (χ2n) is 2.88. The molecule has 5 heteroatoms. The van der Waals surface area contributed by atoms with Crippen molar-refractivity contribution in [2.24, 2.45) is 0 Å². The fourth-order valence-corrected chi connectivity index (χ4v) is 0.543. The van der Waals surface area contributed by atoms with Crippen molar-refractivity contribution in [1.82, 2.24) is 0 Å². The van der Waals surface area contributed by atoms with E-state index in [0.29, 0.717) is 0 Å². The molecular formula is C7H13BrO4. The monoisotopic (exact) mass is 240 g/mol. The smallest absolute Gasteiger partial charge is 0.322 e. The van der Waals surface area contributed by atoms with Crippen LogP contribution in [0, 0.1) is 0 Å². The molecule has 0 aromatic carbocycles. The molecule has 0 aliphatic carbocycles. The van der Waals surface area contributed by atoms with E-state index in [9.17, 15) is 4.79 Å². The topological polar surface area (TPSA) is 66.8 Å². The summed E-state index contributed by atoms with van der Waals surface area (Å²) in [6, 6.07) is 0. The molecular weight excluding hydrogens is 228 g/mol. The van der Waals surface area contributed by atoms with Crippen molar-refractivity contribution in [1.29, 1.82) is 0 Å². The molecule has 4 nitrogen and oxygen atoms in total. The van der Waals surface area contributed by atoms with E-state index in [2.05, 4.69) is 15.9 Å². The second-order valence-corrected chi connectivity index (χ2v) is 4.86. The number of ether oxygens (including phenoxy) is 1. The zero-order valence-electron chi connectivity index (χ0n) is 7.08. The molecule has 0 unspecified atom stereocenters. The van der Waals surface area contributed by atoms with Crippen molar-refractivity contribution in [2.75, 3.05) is 6.61 Å². The minimum Gasteiger partial charge on any atom is -0.464 e. The van der Waals surface area contributed by atoms with Crippen molar-refractivity contribution in [3.63, 3.8) is 0 Å². The molecule has 0 saturated heterocycles. The number of aliphatic hydroxyl groups is 2. The highest BCUT2D eigenvalue weighted by molar-refractivity contribution is 9.10. The van der Waals surface area contributed by atoms with Gasteiger partial charge >= 0.3 is 5.97 Å². The molecule has 0 aromatic rings. The molecule has 72 valence electrons. The van der Waals surface area contributed by atoms with Gasteiger partial charge < -0.3 is 14.9 Å². The van der Waals surface area contributed by atoms with Gasteiger partial charge in [-0.15, -0.1) is 0 Å². The molecule has 0 heterocycles. The Hall–Kier alpha value is -0.130. The van der Waals surface area contributed by atoms with Crippen molar-refractivity contribution in [3.05, 3.63) is 0 Å². The van der Waals surface area contributed by atoms with Gasteiger partial charge in [-0.05, 0) is 13.8 Å². The highest BCUT2D eigenvalue weighted by Gasteiger charge is 2.25. The van der Waals surface area contributed by atoms with Crippen molar-refractivity contribution in [2.45, 2.75) is 30.9 Å². The van der Waals surface area contributed by atoms with Gasteiger partial charge in [0.2, 0.25) is 0 Å². The molecule has 12 heavy (non-hydrogen) atoms. The molecule has 2 N–H and O–H groups in total. The van der Waals surface area contributed by atoms with E-state index < -0.39 is 16.6 Å². The molecule has 0 fully saturated rings. The van der Waals surface area contributed by atoms with Crippen LogP contribution < -0.4 is 0 Å². The average molecular weight is 241 g/mol. The Kier molecular flexibility index (Phi) is 4.74. The lowest BCUT2D eigenvalue weighted by molar-refractivity contribution is -0.147. The third kappa shape index (κ3) is 5.51. The van der Waals surface area contributed by atoms with Crippen LogP contribution in [-0.4, -0.2) is 33.4 Å². The first-order valence-electron chi connectivity index (χ1n) is 3.56. The number of esters is 1. The standard InChI is InChI=1S/C7H13BrO4/c1-7(2,8)6(11)12-4-3-5(9)10/h5,9-10H,3-4H2,1-2H3. The first kappa shape index (κ1) is 11.9. The fraction of sp³-hybridized carbons (Fsp3) is 0.857. The van der Waals surface area contributed by atoms with Gasteiger partial charge in [0, 0.05) is 6.42 Å². The Morgan fingerprint density at radius 2 is 2.08 bits per heavy atom. The summed E-state index contributed by atoms with van der Waals surface area (Å²) in [5.74, 6) is -0.414. The van der Waals surface area contributed by atoms with Crippen LogP contribution in [0.3, 0.4) is 0 Å². The molecule has 0 spiro atoms. The molecule has 0 amide bonds. The van der Waals surface area contributed by atoms with Gasteiger partial charge in [-0.2, -0.15) is 0 Å². The molecule has 0 aliphatic heterocycles. The summed E-state index contributed by atoms with van der Waals surface area (Å²) in [6.45, 7) is 3.33. The Bertz CT molecular complexity index is 150. The van der Waals surface area contributed by atoms with Gasteiger partial charge in [0.1, 0.15) is 4.32 Å². The van der Waals surface area contributed by atoms with Gasteiger partial charge in [-0.1, -0.05) is 15.9 Å². The first-order valence-corrected chi connectivity index (χ1v) is 4.35. The van der Waals surface area contributed by atoms with E-state index in [4.69, 9.17) is 14.9 Å². The Morgan fingerprint density at radius 1 is 1.58 bits per heavy atom. The van der Waals surface area contributed by atoms with Crippen molar-refractivity contribution < 1.29 is 19.7 Å². The molecule has 0 saturated carbocycles. The summed E-state index contributed by atoms with van der Waals surface area (Å²) in [6.07, 6.45) is -1.38. The number of rotatable bonds is 4. The number of carbonyl (C=O) groups excluding carboxylic acids is 1. The Morgan fingerprint density at radius 3 is 2.42 bits per heavy atom. The maximum absolute atomic E-state index is 11.0. The van der Waals surface area contributed by atoms with E-state index >= 15 is 0 Å². The lowest BCUT2D eigenvalue weighted by Crippen LogP contribution is -2.27. The molecule has 0 radical (unpaired) electrons. The predicted molar refractivity (Wildman–Crippen MR) is 46.8 cm³/mol. The summed E-state index contributed by atoms with van der Waals surface area (Å²) < 4.78 is 4.00. The lowest BCUT2D eigenvalue weighted by Gasteiger charge is -2.14. The third-order valence-corrected chi connectivity index (χ3v) is 1.42. The average Bonchev–Trinajstić information content (AvgIpc) is 1.84. The van der Waals surface area contributed by atoms with Crippen LogP contribution >= 0.6 is 15.9 Å². The van der Waals surface area contributed by atoms with E-state index in [1.54, 1.807) is 13.8 Å². The molecule has 0 bridgehead atoms. The first-order chi connectivity index (χ1) is 5.34. The van der Waals surface area contributed by atoms with Gasteiger partial charge in [0.15, 0.2) is 6.29 Å². The quantitative estimate of drug-likeness (QED) is 0.425. The number of halogens is 1. The number of hydrogen-bond acceptors (Lipinski definition) is 4. The summed E-state index contributed by atoms with van der Waals surface area (Å²) in [4.78, 5) is 11.0. The minimum atomic E-state index is -1.42. The molecule has 0 atom stereocenters. The fourth-order valence-electron chi connectivity index (χ4n) is 0.429. The van der Waals surface area contributed by atoms with Gasteiger partial charge in [0.25, 0.3) is 0 Å². The van der Waals surface area contributed by atoms with Crippen molar-refractivity contribution >= 4 is 21.9 Å². The van der Waals surface area contributed by atoms with E-state index in [0.717, 1.165) is 0 Å². The highest BCUT2D eigenvalue weighted by Crippen LogP contribution is 2.17. The van der Waals surface area contributed by atoms with Crippen LogP contribution in [0.4, 0.5) is 0 Å². The SMILES string of the molecule is CC(C)(Br)C(=O)OCCC(O)O. The van der Waals surface area contributed by atoms with E-state index in [1.165, 1.54) is 0 Å². The van der Waals surface area contributed by atoms with Crippen molar-refractivity contribution in [3.8, 4) is 0 Å². The maximum Gasteiger partial charge on any atom is 0.322 e. The molecule has 0 aromatic heterocycles. The van der Waals surface area contributed by atoms with Crippen LogP contribution in [-0.2, 0) is 9.53 Å². The normalized spacial score (nSPS) is 11.8. The van der Waals surface area contributed by atoms with Gasteiger partial charge in [-0.25, -0.2) is 0 Å². The number of carbonyl (C=O) groups is 1. The number of alkyl halides is 1. The minimum absolute atomic E-state index is 0.0194. The van der Waals surface area contributed by atoms with E-state index in [-0.39, 0.29) is 13.0 Å². The number of hydrogen-bond donors (Lipinski definition) is 2. The van der Waals surface area contributed by atoms with Gasteiger partial charge in [-0.3, -0.25) is 4.79 Å².